The molecular formula is C32H23FN4O5S. The Morgan fingerprint density at radius 1 is 0.930 bits per heavy atom. The third-order valence-electron chi connectivity index (χ3n) is 7.24. The van der Waals surface area contributed by atoms with Gasteiger partial charge in [-0.3, -0.25) is 14.3 Å². The summed E-state index contributed by atoms with van der Waals surface area (Å²) in [5.41, 5.74) is 1.45. The third-order valence-corrected chi connectivity index (χ3v) is 8.63. The maximum atomic E-state index is 13.3. The molecule has 0 fully saturated rings. The van der Waals surface area contributed by atoms with Crippen LogP contribution in [0.5, 0.6) is 0 Å². The van der Waals surface area contributed by atoms with Crippen LogP contribution in [0.15, 0.2) is 110 Å². The van der Waals surface area contributed by atoms with Crippen LogP contribution in [-0.4, -0.2) is 18.0 Å². The Bertz CT molecular complexity index is 2310. The van der Waals surface area contributed by atoms with Crippen molar-refractivity contribution < 1.29 is 17.2 Å². The molecule has 43 heavy (non-hydrogen) atoms. The van der Waals surface area contributed by atoms with Crippen molar-refractivity contribution in [3.63, 3.8) is 0 Å². The topological polar surface area (TPSA) is 138 Å². The average molecular weight is 595 g/mol. The molecule has 0 aliphatic heterocycles. The number of halogens is 1. The molecule has 0 amide bonds. The number of nitrogens with one attached hydrogen (secondary N) is 2. The Morgan fingerprint density at radius 3 is 2.33 bits per heavy atom. The van der Waals surface area contributed by atoms with Gasteiger partial charge < -0.3 is 4.42 Å². The van der Waals surface area contributed by atoms with Gasteiger partial charge in [0.25, 0.3) is 10.0 Å². The third kappa shape index (κ3) is 4.98. The summed E-state index contributed by atoms with van der Waals surface area (Å²) in [5.74, 6) is -0.546. The van der Waals surface area contributed by atoms with Gasteiger partial charge in [-0.05, 0) is 91.2 Å². The minimum absolute atomic E-state index is 0.00288. The van der Waals surface area contributed by atoms with Gasteiger partial charge in [-0.15, -0.1) is 0 Å². The van der Waals surface area contributed by atoms with Crippen LogP contribution in [0.25, 0.3) is 38.8 Å². The standard InChI is InChI=1S/C32H23FN4O5S/c1-32(2,18-34)21-7-11-24(12-8-21)37-29-26-17-20(6-15-27(26)42-30(38)28(29)35-31(37)39)19-4-3-5-23(16-19)36-43(40,41)25-13-9-22(33)10-14-25/h3-17,36H,1-2H3,(H,35,39). The second-order valence-corrected chi connectivity index (χ2v) is 12.2. The number of aromatic amines is 1. The lowest BCUT2D eigenvalue weighted by Crippen LogP contribution is -2.16. The molecule has 0 atom stereocenters. The first-order valence-corrected chi connectivity index (χ1v) is 14.6. The Kier molecular flexibility index (Phi) is 6.51. The summed E-state index contributed by atoms with van der Waals surface area (Å²) in [7, 11) is -3.97. The number of anilines is 1. The minimum atomic E-state index is -3.97. The van der Waals surface area contributed by atoms with Crippen molar-refractivity contribution in [2.24, 2.45) is 0 Å². The average Bonchev–Trinajstić information content (AvgIpc) is 3.35. The van der Waals surface area contributed by atoms with Crippen LogP contribution in [0.4, 0.5) is 10.1 Å². The number of H-pyrrole nitrogens is 1. The quantitative estimate of drug-likeness (QED) is 0.233. The number of benzene rings is 4. The smallest absolute Gasteiger partial charge is 0.362 e. The molecule has 0 radical (unpaired) electrons. The van der Waals surface area contributed by atoms with Crippen molar-refractivity contribution in [2.75, 3.05) is 4.72 Å². The summed E-state index contributed by atoms with van der Waals surface area (Å²) in [6.07, 6.45) is 0. The number of imidazole rings is 1. The number of hydrogen-bond donors (Lipinski definition) is 2. The van der Waals surface area contributed by atoms with Crippen molar-refractivity contribution in [1.29, 1.82) is 5.26 Å². The zero-order valence-corrected chi connectivity index (χ0v) is 23.7. The first-order valence-electron chi connectivity index (χ1n) is 13.1. The van der Waals surface area contributed by atoms with Gasteiger partial charge in [0, 0.05) is 11.1 Å². The van der Waals surface area contributed by atoms with E-state index >= 15 is 0 Å². The van der Waals surface area contributed by atoms with Crippen LogP contribution in [0.3, 0.4) is 0 Å². The lowest BCUT2D eigenvalue weighted by atomic mass is 9.86. The Morgan fingerprint density at radius 2 is 1.63 bits per heavy atom. The van der Waals surface area contributed by atoms with E-state index < -0.39 is 32.6 Å². The maximum Gasteiger partial charge on any atom is 0.362 e. The van der Waals surface area contributed by atoms with Crippen LogP contribution in [0.2, 0.25) is 0 Å². The van der Waals surface area contributed by atoms with E-state index in [1.807, 2.05) is 0 Å². The zero-order valence-electron chi connectivity index (χ0n) is 22.9. The molecule has 9 nitrogen and oxygen atoms in total. The van der Waals surface area contributed by atoms with E-state index in [2.05, 4.69) is 15.8 Å². The molecule has 2 aromatic heterocycles. The van der Waals surface area contributed by atoms with Crippen molar-refractivity contribution in [3.05, 3.63) is 123 Å². The van der Waals surface area contributed by atoms with Crippen LogP contribution < -0.4 is 16.0 Å². The van der Waals surface area contributed by atoms with E-state index in [0.29, 0.717) is 27.7 Å². The molecule has 2 N–H and O–H groups in total. The number of hydrogen-bond acceptors (Lipinski definition) is 6. The molecule has 11 heteroatoms. The summed E-state index contributed by atoms with van der Waals surface area (Å²) in [5, 5.41) is 9.96. The number of sulfonamides is 1. The molecule has 0 bridgehead atoms. The molecule has 6 rings (SSSR count). The fraction of sp³-hybridized carbons (Fsp3) is 0.0938. The van der Waals surface area contributed by atoms with E-state index in [4.69, 9.17) is 4.42 Å². The van der Waals surface area contributed by atoms with E-state index in [9.17, 15) is 27.7 Å². The van der Waals surface area contributed by atoms with Crippen LogP contribution in [-0.2, 0) is 15.4 Å². The monoisotopic (exact) mass is 594 g/mol. The van der Waals surface area contributed by atoms with E-state index in [1.165, 1.54) is 16.7 Å². The van der Waals surface area contributed by atoms with E-state index in [0.717, 1.165) is 17.7 Å². The van der Waals surface area contributed by atoms with Crippen molar-refractivity contribution in [2.45, 2.75) is 24.2 Å². The minimum Gasteiger partial charge on any atom is -0.421 e. The molecule has 0 aliphatic rings. The first-order chi connectivity index (χ1) is 20.5. The van der Waals surface area contributed by atoms with Gasteiger partial charge in [0.2, 0.25) is 0 Å². The molecule has 0 spiro atoms. The second kappa shape index (κ2) is 10.1. The number of aromatic nitrogens is 2. The maximum absolute atomic E-state index is 13.3. The van der Waals surface area contributed by atoms with Crippen molar-refractivity contribution >= 4 is 37.7 Å². The normalized spacial score (nSPS) is 12.0. The summed E-state index contributed by atoms with van der Waals surface area (Å²) in [4.78, 5) is 28.5. The van der Waals surface area contributed by atoms with Gasteiger partial charge in [0.1, 0.15) is 11.4 Å². The van der Waals surface area contributed by atoms with Crippen LogP contribution in [0.1, 0.15) is 19.4 Å². The Labute approximate surface area is 244 Å². The molecule has 2 heterocycles. The molecule has 4 aromatic carbocycles. The van der Waals surface area contributed by atoms with Gasteiger partial charge in [-0.1, -0.05) is 30.3 Å². The Hall–Kier alpha value is -5.47. The highest BCUT2D eigenvalue weighted by atomic mass is 32.2. The second-order valence-electron chi connectivity index (χ2n) is 10.5. The molecule has 0 aliphatic carbocycles. The number of nitriles is 1. The van der Waals surface area contributed by atoms with Crippen molar-refractivity contribution in [3.8, 4) is 22.9 Å². The first kappa shape index (κ1) is 27.7. The van der Waals surface area contributed by atoms with Gasteiger partial charge in [0.05, 0.1) is 27.6 Å². The van der Waals surface area contributed by atoms with Crippen molar-refractivity contribution in [1.82, 2.24) is 9.55 Å². The fourth-order valence-corrected chi connectivity index (χ4v) is 5.95. The zero-order chi connectivity index (χ0) is 30.5. The molecule has 0 saturated heterocycles. The number of fused-ring (bicyclic) bond motifs is 3. The highest BCUT2D eigenvalue weighted by molar-refractivity contribution is 7.92. The highest BCUT2D eigenvalue weighted by Crippen LogP contribution is 2.31. The summed E-state index contributed by atoms with van der Waals surface area (Å²) < 4.78 is 48.4. The SMILES string of the molecule is CC(C)(C#N)c1ccc(-n2c(=O)[nH]c3c(=O)oc4ccc(-c5cccc(NS(=O)(=O)c6ccc(F)cc6)c5)cc4c32)cc1. The number of nitrogens with zero attached hydrogens (tertiary/aromatic N) is 2. The predicted octanol–water partition coefficient (Wildman–Crippen LogP) is 5.83. The van der Waals surface area contributed by atoms with Crippen LogP contribution >= 0.6 is 0 Å². The van der Waals surface area contributed by atoms with Crippen LogP contribution in [0, 0.1) is 17.1 Å². The van der Waals surface area contributed by atoms with E-state index in [1.54, 1.807) is 80.6 Å². The van der Waals surface area contributed by atoms with E-state index in [-0.39, 0.29) is 21.7 Å². The molecule has 0 saturated carbocycles. The number of rotatable bonds is 6. The van der Waals surface area contributed by atoms with Gasteiger partial charge in [0.15, 0.2) is 5.52 Å². The summed E-state index contributed by atoms with van der Waals surface area (Å²) >= 11 is 0. The molecule has 214 valence electrons. The molecule has 0 unspecified atom stereocenters. The van der Waals surface area contributed by atoms with Gasteiger partial charge >= 0.3 is 11.3 Å². The van der Waals surface area contributed by atoms with Gasteiger partial charge in [-0.2, -0.15) is 5.26 Å². The predicted molar refractivity (Wildman–Crippen MR) is 161 cm³/mol. The highest BCUT2D eigenvalue weighted by Gasteiger charge is 2.22. The molecular weight excluding hydrogens is 571 g/mol. The fourth-order valence-electron chi connectivity index (χ4n) is 4.90. The summed E-state index contributed by atoms with van der Waals surface area (Å²) in [6, 6.07) is 25.5. The Balaban J connectivity index is 1.46. The molecule has 6 aromatic rings. The summed E-state index contributed by atoms with van der Waals surface area (Å²) in [6.45, 7) is 3.59. The van der Waals surface area contributed by atoms with Gasteiger partial charge in [-0.25, -0.2) is 22.4 Å². The lowest BCUT2D eigenvalue weighted by Gasteiger charge is -2.16. The largest absolute Gasteiger partial charge is 0.421 e. The lowest BCUT2D eigenvalue weighted by molar-refractivity contribution is 0.568.